The summed E-state index contributed by atoms with van der Waals surface area (Å²) in [5.41, 5.74) is 0.664. The molecule has 5 rings (SSSR count). The predicted molar refractivity (Wildman–Crippen MR) is 91.9 cm³/mol. The van der Waals surface area contributed by atoms with Crippen molar-refractivity contribution in [3.8, 4) is 0 Å². The number of fused-ring (bicyclic) bond motifs is 5. The molecule has 0 N–H and O–H groups in total. The zero-order valence-electron chi connectivity index (χ0n) is 14.2. The lowest BCUT2D eigenvalue weighted by molar-refractivity contribution is -0.139. The minimum atomic E-state index is 0.0621. The van der Waals surface area contributed by atoms with Crippen molar-refractivity contribution < 1.29 is 4.79 Å². The Hall–Kier alpha value is 0.0200. The van der Waals surface area contributed by atoms with Gasteiger partial charge in [-0.2, -0.15) is 11.8 Å². The Bertz CT molecular complexity index is 524. The van der Waals surface area contributed by atoms with Crippen LogP contribution < -0.4 is 0 Å². The molecule has 5 fully saturated rings. The van der Waals surface area contributed by atoms with Gasteiger partial charge in [0.1, 0.15) is 5.78 Å². The summed E-state index contributed by atoms with van der Waals surface area (Å²) in [5.74, 6) is 5.55. The largest absolute Gasteiger partial charge is 0.299 e. The standard InChI is InChI=1S/C20H30OS/c1-18-9-10-20(12-22-20)11-13(18)3-4-14-15-5-6-17(21)19(15,2)8-7-16(14)18/h13-16H,3-12H2,1-2H3/t13-,14+,15-,16+,18-,19-,20-/m0/s1. The van der Waals surface area contributed by atoms with E-state index in [0.717, 1.165) is 34.8 Å². The Morgan fingerprint density at radius 3 is 2.59 bits per heavy atom. The molecular weight excluding hydrogens is 288 g/mol. The first kappa shape index (κ1) is 14.4. The van der Waals surface area contributed by atoms with E-state index in [1.807, 2.05) is 0 Å². The highest BCUT2D eigenvalue weighted by Gasteiger charge is 2.62. The molecule has 4 saturated carbocycles. The van der Waals surface area contributed by atoms with Crippen LogP contribution in [0.3, 0.4) is 0 Å². The van der Waals surface area contributed by atoms with E-state index in [0.29, 0.717) is 11.2 Å². The third-order valence-corrected chi connectivity index (χ3v) is 10.5. The maximum absolute atomic E-state index is 12.5. The van der Waals surface area contributed by atoms with Crippen molar-refractivity contribution in [2.75, 3.05) is 5.75 Å². The topological polar surface area (TPSA) is 17.1 Å². The second-order valence-electron chi connectivity index (χ2n) is 9.75. The quantitative estimate of drug-likeness (QED) is 0.579. The van der Waals surface area contributed by atoms with Crippen molar-refractivity contribution in [1.29, 1.82) is 0 Å². The predicted octanol–water partition coefficient (Wildman–Crippen LogP) is 5.08. The van der Waals surface area contributed by atoms with Crippen molar-refractivity contribution in [3.05, 3.63) is 0 Å². The Labute approximate surface area is 139 Å². The van der Waals surface area contributed by atoms with Crippen LogP contribution in [0, 0.1) is 34.5 Å². The number of Topliss-reactive ketones (excluding diaryl/α,β-unsaturated/α-hetero) is 1. The van der Waals surface area contributed by atoms with Crippen molar-refractivity contribution in [1.82, 2.24) is 0 Å². The van der Waals surface area contributed by atoms with E-state index in [1.165, 1.54) is 57.1 Å². The second kappa shape index (κ2) is 4.35. The third-order valence-electron chi connectivity index (χ3n) is 9.06. The number of hydrogen-bond acceptors (Lipinski definition) is 2. The Morgan fingerprint density at radius 1 is 1.00 bits per heavy atom. The Kier molecular flexibility index (Phi) is 2.84. The summed E-state index contributed by atoms with van der Waals surface area (Å²) < 4.78 is 0.726. The smallest absolute Gasteiger partial charge is 0.139 e. The minimum absolute atomic E-state index is 0.0621. The van der Waals surface area contributed by atoms with E-state index in [1.54, 1.807) is 0 Å². The summed E-state index contributed by atoms with van der Waals surface area (Å²) >= 11 is 2.25. The molecule has 1 aliphatic heterocycles. The summed E-state index contributed by atoms with van der Waals surface area (Å²) in [4.78, 5) is 12.5. The first-order valence-electron chi connectivity index (χ1n) is 9.64. The highest BCUT2D eigenvalue weighted by molar-refractivity contribution is 8.07. The van der Waals surface area contributed by atoms with Crippen LogP contribution in [0.4, 0.5) is 0 Å². The lowest BCUT2D eigenvalue weighted by atomic mass is 9.45. The monoisotopic (exact) mass is 318 g/mol. The molecular formula is C20H30OS. The Morgan fingerprint density at radius 2 is 1.82 bits per heavy atom. The Balaban J connectivity index is 1.45. The molecule has 22 heavy (non-hydrogen) atoms. The molecule has 1 nitrogen and oxygen atoms in total. The van der Waals surface area contributed by atoms with Crippen LogP contribution in [0.5, 0.6) is 0 Å². The zero-order valence-corrected chi connectivity index (χ0v) is 15.0. The van der Waals surface area contributed by atoms with Crippen LogP contribution in [0.2, 0.25) is 0 Å². The molecule has 0 aromatic carbocycles. The lowest BCUT2D eigenvalue weighted by Crippen LogP contribution is -2.54. The van der Waals surface area contributed by atoms with Crippen LogP contribution >= 0.6 is 11.8 Å². The molecule has 1 spiro atoms. The number of carbonyl (C=O) groups excluding carboxylic acids is 1. The van der Waals surface area contributed by atoms with Gasteiger partial charge in [0.25, 0.3) is 0 Å². The van der Waals surface area contributed by atoms with Gasteiger partial charge in [-0.3, -0.25) is 4.79 Å². The molecule has 0 unspecified atom stereocenters. The van der Waals surface area contributed by atoms with Gasteiger partial charge in [-0.25, -0.2) is 0 Å². The van der Waals surface area contributed by atoms with Crippen molar-refractivity contribution in [3.63, 3.8) is 0 Å². The van der Waals surface area contributed by atoms with Crippen LogP contribution in [0.15, 0.2) is 0 Å². The van der Waals surface area contributed by atoms with Gasteiger partial charge in [-0.05, 0) is 80.5 Å². The maximum Gasteiger partial charge on any atom is 0.139 e. The zero-order chi connectivity index (χ0) is 15.2. The van der Waals surface area contributed by atoms with E-state index < -0.39 is 0 Å². The maximum atomic E-state index is 12.5. The number of ketones is 1. The number of rotatable bonds is 0. The summed E-state index contributed by atoms with van der Waals surface area (Å²) in [7, 11) is 0. The van der Waals surface area contributed by atoms with Crippen LogP contribution in [-0.4, -0.2) is 16.3 Å². The molecule has 1 saturated heterocycles. The van der Waals surface area contributed by atoms with Gasteiger partial charge >= 0.3 is 0 Å². The third kappa shape index (κ3) is 1.71. The molecule has 0 aromatic rings. The number of hydrogen-bond donors (Lipinski definition) is 0. The first-order valence-corrected chi connectivity index (χ1v) is 10.6. The van der Waals surface area contributed by atoms with E-state index in [-0.39, 0.29) is 5.41 Å². The second-order valence-corrected chi connectivity index (χ2v) is 11.2. The van der Waals surface area contributed by atoms with E-state index in [9.17, 15) is 4.79 Å². The molecule has 0 amide bonds. The summed E-state index contributed by atoms with van der Waals surface area (Å²) in [6.45, 7) is 4.96. The highest BCUT2D eigenvalue weighted by Crippen LogP contribution is 2.69. The van der Waals surface area contributed by atoms with Gasteiger partial charge in [-0.1, -0.05) is 13.8 Å². The van der Waals surface area contributed by atoms with Crippen LogP contribution in [0.1, 0.15) is 71.6 Å². The highest BCUT2D eigenvalue weighted by atomic mass is 32.2. The summed E-state index contributed by atoms with van der Waals surface area (Å²) in [6, 6.07) is 0. The fourth-order valence-corrected chi connectivity index (χ4v) is 8.47. The van der Waals surface area contributed by atoms with Gasteiger partial charge in [0.2, 0.25) is 0 Å². The number of thioether (sulfide) groups is 1. The molecule has 1 heterocycles. The minimum Gasteiger partial charge on any atom is -0.299 e. The molecule has 2 heteroatoms. The molecule has 5 aliphatic rings. The van der Waals surface area contributed by atoms with E-state index in [4.69, 9.17) is 0 Å². The van der Waals surface area contributed by atoms with Crippen LogP contribution in [-0.2, 0) is 4.79 Å². The molecule has 0 radical (unpaired) electrons. The lowest BCUT2D eigenvalue weighted by Gasteiger charge is -2.60. The van der Waals surface area contributed by atoms with Crippen molar-refractivity contribution in [2.24, 2.45) is 34.5 Å². The molecule has 0 aromatic heterocycles. The van der Waals surface area contributed by atoms with Gasteiger partial charge in [-0.15, -0.1) is 0 Å². The normalized spacial score (nSPS) is 59.8. The summed E-state index contributed by atoms with van der Waals surface area (Å²) in [6.07, 6.45) is 12.0. The number of carbonyl (C=O) groups is 1. The molecule has 7 atom stereocenters. The van der Waals surface area contributed by atoms with Crippen molar-refractivity contribution >= 4 is 17.5 Å². The molecule has 0 bridgehead atoms. The first-order chi connectivity index (χ1) is 10.5. The van der Waals surface area contributed by atoms with Gasteiger partial charge < -0.3 is 0 Å². The fraction of sp³-hybridized carbons (Fsp3) is 0.950. The molecule has 122 valence electrons. The van der Waals surface area contributed by atoms with E-state index in [2.05, 4.69) is 25.6 Å². The fourth-order valence-electron chi connectivity index (χ4n) is 7.44. The average molecular weight is 319 g/mol. The van der Waals surface area contributed by atoms with E-state index >= 15 is 0 Å². The van der Waals surface area contributed by atoms with Gasteiger partial charge in [0.05, 0.1) is 0 Å². The van der Waals surface area contributed by atoms with Crippen LogP contribution in [0.25, 0.3) is 0 Å². The molecule has 4 aliphatic carbocycles. The van der Waals surface area contributed by atoms with Gasteiger partial charge in [0.15, 0.2) is 0 Å². The summed E-state index contributed by atoms with van der Waals surface area (Å²) in [5, 5.41) is 0. The average Bonchev–Trinajstić information content (AvgIpc) is 3.19. The SMILES string of the molecule is C[C@]12CC[C@@]3(CS3)C[C@@H]1CC[C@H]1[C@H]2CC[C@]2(C)C(=O)CC[C@@H]12. The van der Waals surface area contributed by atoms with Crippen molar-refractivity contribution in [2.45, 2.75) is 76.4 Å². The van der Waals surface area contributed by atoms with Gasteiger partial charge in [0, 0.05) is 22.3 Å².